The summed E-state index contributed by atoms with van der Waals surface area (Å²) in [6, 6.07) is 82.3. The molecule has 10 aromatic carbocycles. The van der Waals surface area contributed by atoms with Crippen molar-refractivity contribution in [3.05, 3.63) is 252 Å². The van der Waals surface area contributed by atoms with Crippen molar-refractivity contribution in [2.24, 2.45) is 0 Å². The maximum Gasteiger partial charge on any atom is 0.0540 e. The highest BCUT2D eigenvalue weighted by Gasteiger charge is 2.37. The molecule has 310 valence electrons. The third-order valence-electron chi connectivity index (χ3n) is 13.7. The molecule has 3 heteroatoms. The van der Waals surface area contributed by atoms with Gasteiger partial charge in [0.15, 0.2) is 0 Å². The molecule has 0 fully saturated rings. The van der Waals surface area contributed by atoms with Crippen LogP contribution in [0.5, 0.6) is 0 Å². The number of hydrogen-bond acceptors (Lipinski definition) is 2. The van der Waals surface area contributed by atoms with Crippen LogP contribution in [0.15, 0.2) is 224 Å². The summed E-state index contributed by atoms with van der Waals surface area (Å²) in [6.45, 7) is 4.78. The van der Waals surface area contributed by atoms with Crippen molar-refractivity contribution in [1.29, 1.82) is 0 Å². The van der Waals surface area contributed by atoms with Gasteiger partial charge < -0.3 is 9.80 Å². The van der Waals surface area contributed by atoms with Crippen molar-refractivity contribution in [3.63, 3.8) is 0 Å². The van der Waals surface area contributed by atoms with Gasteiger partial charge in [-0.2, -0.15) is 0 Å². The number of allylic oxidation sites excluding steroid dienone is 1. The Morgan fingerprint density at radius 3 is 1.60 bits per heavy atom. The maximum absolute atomic E-state index is 4.14. The average molecular weight is 898 g/mol. The van der Waals surface area contributed by atoms with E-state index in [0.717, 1.165) is 34.9 Å². The van der Waals surface area contributed by atoms with Crippen molar-refractivity contribution < 1.29 is 0 Å². The Labute approximate surface area is 389 Å². The zero-order valence-electron chi connectivity index (χ0n) is 36.3. The summed E-state index contributed by atoms with van der Waals surface area (Å²) in [4.78, 5) is 4.85. The van der Waals surface area contributed by atoms with Gasteiger partial charge in [0.25, 0.3) is 0 Å². The van der Waals surface area contributed by atoms with E-state index in [1.807, 2.05) is 0 Å². The minimum absolute atomic E-state index is 0.266. The second-order valence-corrected chi connectivity index (χ2v) is 18.6. The molecule has 2 aliphatic carbocycles. The molecule has 2 nitrogen and oxygen atoms in total. The lowest BCUT2D eigenvalue weighted by atomic mass is 9.82. The van der Waals surface area contributed by atoms with Crippen LogP contribution in [0.1, 0.15) is 41.7 Å². The van der Waals surface area contributed by atoms with E-state index in [9.17, 15) is 0 Å². The largest absolute Gasteiger partial charge is 0.310 e. The number of hydrogen-bond donors (Lipinski definition) is 0. The number of benzene rings is 10. The monoisotopic (exact) mass is 896 g/mol. The summed E-state index contributed by atoms with van der Waals surface area (Å²) >= 11 is 4.14. The smallest absolute Gasteiger partial charge is 0.0540 e. The van der Waals surface area contributed by atoms with E-state index in [2.05, 4.69) is 264 Å². The van der Waals surface area contributed by atoms with Crippen LogP contribution in [0.25, 0.3) is 53.9 Å². The van der Waals surface area contributed by atoms with E-state index in [-0.39, 0.29) is 5.41 Å². The molecule has 0 atom stereocenters. The number of anilines is 6. The molecule has 0 spiro atoms. The van der Waals surface area contributed by atoms with Gasteiger partial charge in [0, 0.05) is 43.7 Å². The number of nitrogens with zero attached hydrogens (tertiary/aromatic N) is 2. The first-order valence-corrected chi connectivity index (χ1v) is 23.3. The molecule has 0 radical (unpaired) electrons. The first-order valence-electron chi connectivity index (χ1n) is 22.5. The van der Waals surface area contributed by atoms with Gasteiger partial charge >= 0.3 is 0 Å². The molecule has 0 N–H and O–H groups in total. The van der Waals surface area contributed by atoms with Crippen LogP contribution in [0.3, 0.4) is 0 Å². The maximum atomic E-state index is 4.14. The second-order valence-electron chi connectivity index (χ2n) is 17.8. The van der Waals surface area contributed by atoms with Gasteiger partial charge in [-0.3, -0.25) is 0 Å². The summed E-state index contributed by atoms with van der Waals surface area (Å²) in [5, 5.41) is 4.99. The van der Waals surface area contributed by atoms with Gasteiger partial charge in [-0.1, -0.05) is 172 Å². The molecule has 0 amide bonds. The van der Waals surface area contributed by atoms with Gasteiger partial charge in [-0.15, -0.1) is 0 Å². The molecule has 10 aromatic rings. The molecule has 12 rings (SSSR count). The van der Waals surface area contributed by atoms with Crippen LogP contribution >= 0.6 is 15.9 Å². The molecule has 0 saturated heterocycles. The van der Waals surface area contributed by atoms with Crippen molar-refractivity contribution >= 4 is 81.7 Å². The Balaban J connectivity index is 0.970. The number of halogens is 1. The Hall–Kier alpha value is -7.46. The normalized spacial score (nSPS) is 13.5. The van der Waals surface area contributed by atoms with Gasteiger partial charge in [-0.25, -0.2) is 0 Å². The molecule has 2 aliphatic rings. The Morgan fingerprint density at radius 1 is 0.385 bits per heavy atom. The Morgan fingerprint density at radius 2 is 0.892 bits per heavy atom. The van der Waals surface area contributed by atoms with Gasteiger partial charge in [0.05, 0.1) is 5.69 Å². The van der Waals surface area contributed by atoms with Crippen molar-refractivity contribution in [2.75, 3.05) is 9.80 Å². The first-order chi connectivity index (χ1) is 31.9. The molecule has 0 aliphatic heterocycles. The van der Waals surface area contributed by atoms with Crippen LogP contribution in [0, 0.1) is 0 Å². The van der Waals surface area contributed by atoms with E-state index >= 15 is 0 Å². The zero-order chi connectivity index (χ0) is 43.6. The summed E-state index contributed by atoms with van der Waals surface area (Å²) in [5.74, 6) is 0. The molecular formula is C62H45BrN2. The molecule has 0 saturated carbocycles. The zero-order valence-corrected chi connectivity index (χ0v) is 37.9. The summed E-state index contributed by atoms with van der Waals surface area (Å²) in [7, 11) is 0. The molecule has 0 aromatic heterocycles. The van der Waals surface area contributed by atoms with Crippen molar-refractivity contribution in [1.82, 2.24) is 0 Å². The summed E-state index contributed by atoms with van der Waals surface area (Å²) < 4.78 is 1.17. The van der Waals surface area contributed by atoms with Crippen LogP contribution < -0.4 is 9.80 Å². The minimum Gasteiger partial charge on any atom is -0.310 e. The molecular weight excluding hydrogens is 853 g/mol. The quantitative estimate of drug-likeness (QED) is 0.150. The fourth-order valence-electron chi connectivity index (χ4n) is 10.5. The summed E-state index contributed by atoms with van der Waals surface area (Å²) in [6.07, 6.45) is 0.880. The summed E-state index contributed by atoms with van der Waals surface area (Å²) in [5.41, 5.74) is 19.4. The van der Waals surface area contributed by atoms with E-state index in [1.165, 1.54) is 87.4 Å². The highest BCUT2D eigenvalue weighted by Crippen LogP contribution is 2.53. The standard InChI is InChI=1S/C62H45BrN2/c1-62(2)58-39-49(33-35-54(58)55-36-34-50(40-59(55)62)65(46-21-7-4-8-22-46)60-26-14-20-44-18-10-12-24-52(44)60)64(47-30-27-42(28-31-47)41-15-5-3-6-16-41)48-32-29-45-37-57(61(63)56(45)38-48)53-25-13-19-43-17-9-11-23-51(43)53/h3-36,38-40H,37H2,1-2H3. The second kappa shape index (κ2) is 15.7. The first kappa shape index (κ1) is 39.2. The number of para-hydroxylation sites is 1. The predicted octanol–water partition coefficient (Wildman–Crippen LogP) is 17.7. The Kier molecular flexibility index (Phi) is 9.43. The highest BCUT2D eigenvalue weighted by atomic mass is 79.9. The minimum atomic E-state index is -0.266. The van der Waals surface area contributed by atoms with E-state index in [0.29, 0.717) is 0 Å². The van der Waals surface area contributed by atoms with Gasteiger partial charge in [0.1, 0.15) is 0 Å². The van der Waals surface area contributed by atoms with Crippen LogP contribution in [-0.4, -0.2) is 0 Å². The molecule has 0 unspecified atom stereocenters. The fourth-order valence-corrected chi connectivity index (χ4v) is 11.2. The van der Waals surface area contributed by atoms with Crippen LogP contribution in [0.2, 0.25) is 0 Å². The number of fused-ring (bicyclic) bond motifs is 6. The van der Waals surface area contributed by atoms with E-state index in [4.69, 9.17) is 0 Å². The lowest BCUT2D eigenvalue weighted by molar-refractivity contribution is 0.660. The Bertz CT molecular complexity index is 3490. The van der Waals surface area contributed by atoms with Crippen molar-refractivity contribution in [2.45, 2.75) is 25.7 Å². The predicted molar refractivity (Wildman–Crippen MR) is 280 cm³/mol. The third-order valence-corrected chi connectivity index (χ3v) is 14.7. The topological polar surface area (TPSA) is 6.48 Å². The van der Waals surface area contributed by atoms with Gasteiger partial charge in [0.2, 0.25) is 0 Å². The molecule has 0 bridgehead atoms. The lowest BCUT2D eigenvalue weighted by Gasteiger charge is -2.30. The average Bonchev–Trinajstić information content (AvgIpc) is 3.80. The molecule has 65 heavy (non-hydrogen) atoms. The highest BCUT2D eigenvalue weighted by molar-refractivity contribution is 9.15. The molecule has 0 heterocycles. The van der Waals surface area contributed by atoms with E-state index in [1.54, 1.807) is 0 Å². The third kappa shape index (κ3) is 6.61. The van der Waals surface area contributed by atoms with Crippen LogP contribution in [0.4, 0.5) is 34.1 Å². The number of rotatable bonds is 8. The van der Waals surface area contributed by atoms with E-state index < -0.39 is 0 Å². The van der Waals surface area contributed by atoms with Crippen molar-refractivity contribution in [3.8, 4) is 22.3 Å². The van der Waals surface area contributed by atoms with Gasteiger partial charge in [-0.05, 0) is 161 Å². The fraction of sp³-hybridized carbons (Fsp3) is 0.0645. The SMILES string of the molecule is CC1(C)c2cc(N(c3ccc(-c4ccccc4)cc3)c3ccc4c(c3)C(Br)=C(c3cccc5ccccc35)C4)ccc2-c2ccc(N(c3ccccc3)c3cccc4ccccc34)cc21. The van der Waals surface area contributed by atoms with Crippen LogP contribution in [-0.2, 0) is 11.8 Å². The lowest BCUT2D eigenvalue weighted by Crippen LogP contribution is -2.17.